The molecule has 0 aromatic carbocycles. The molecular weight excluding hydrogens is 302 g/mol. The van der Waals surface area contributed by atoms with Crippen molar-refractivity contribution in [1.29, 1.82) is 0 Å². The molecule has 4 heterocycles. The zero-order valence-corrected chi connectivity index (χ0v) is 13.8. The van der Waals surface area contributed by atoms with E-state index in [2.05, 4.69) is 24.8 Å². The normalized spacial score (nSPS) is 17.4. The summed E-state index contributed by atoms with van der Waals surface area (Å²) in [5.74, 6) is 1.78. The van der Waals surface area contributed by atoms with Crippen molar-refractivity contribution < 1.29 is 0 Å². The standard InChI is InChI=1S/C17H19N7/c1-12-8-16(21-11-20-12)24-6-3-4-15(24)13-9-18-10-14(22-13)17-19-5-7-23(17)2/h5,7-11,15H,3-4,6H2,1-2H3. The lowest BCUT2D eigenvalue weighted by atomic mass is 10.1. The molecule has 0 saturated carbocycles. The largest absolute Gasteiger partial charge is 0.348 e. The fourth-order valence-corrected chi connectivity index (χ4v) is 3.21. The van der Waals surface area contributed by atoms with Crippen molar-refractivity contribution in [1.82, 2.24) is 29.5 Å². The van der Waals surface area contributed by atoms with Gasteiger partial charge >= 0.3 is 0 Å². The Bertz CT molecular complexity index is 857. The molecule has 0 aliphatic carbocycles. The van der Waals surface area contributed by atoms with Crippen LogP contribution in [0.5, 0.6) is 0 Å². The molecule has 0 spiro atoms. The number of hydrogen-bond donors (Lipinski definition) is 0. The van der Waals surface area contributed by atoms with Crippen molar-refractivity contribution in [2.24, 2.45) is 7.05 Å². The molecule has 1 saturated heterocycles. The number of aromatic nitrogens is 6. The summed E-state index contributed by atoms with van der Waals surface area (Å²) in [6, 6.07) is 2.21. The van der Waals surface area contributed by atoms with Gasteiger partial charge in [0.2, 0.25) is 0 Å². The van der Waals surface area contributed by atoms with E-state index in [1.54, 1.807) is 18.7 Å². The SMILES string of the molecule is Cc1cc(N2CCCC2c2cncc(-c3nccn3C)n2)ncn1. The quantitative estimate of drug-likeness (QED) is 0.737. The van der Waals surface area contributed by atoms with Crippen LogP contribution >= 0.6 is 0 Å². The van der Waals surface area contributed by atoms with Gasteiger partial charge in [0.25, 0.3) is 0 Å². The third-order valence-corrected chi connectivity index (χ3v) is 4.38. The Balaban J connectivity index is 1.69. The fraction of sp³-hybridized carbons (Fsp3) is 0.353. The van der Waals surface area contributed by atoms with Gasteiger partial charge < -0.3 is 9.47 Å². The Labute approximate surface area is 140 Å². The minimum atomic E-state index is 0.187. The number of imidazole rings is 1. The first-order chi connectivity index (χ1) is 11.7. The highest BCUT2D eigenvalue weighted by Gasteiger charge is 2.29. The van der Waals surface area contributed by atoms with Crippen LogP contribution in [0, 0.1) is 6.92 Å². The summed E-state index contributed by atoms with van der Waals surface area (Å²) in [5.41, 5.74) is 2.73. The van der Waals surface area contributed by atoms with Gasteiger partial charge in [-0.05, 0) is 19.8 Å². The number of anilines is 1. The van der Waals surface area contributed by atoms with Crippen LogP contribution in [-0.4, -0.2) is 36.0 Å². The van der Waals surface area contributed by atoms with Crippen LogP contribution in [0.25, 0.3) is 11.5 Å². The summed E-state index contributed by atoms with van der Waals surface area (Å²) in [4.78, 5) is 24.5. The maximum absolute atomic E-state index is 4.83. The predicted molar refractivity (Wildman–Crippen MR) is 90.3 cm³/mol. The third kappa shape index (κ3) is 2.62. The first-order valence-corrected chi connectivity index (χ1v) is 8.07. The molecule has 1 aliphatic rings. The first-order valence-electron chi connectivity index (χ1n) is 8.07. The van der Waals surface area contributed by atoms with Gasteiger partial charge in [0, 0.05) is 37.7 Å². The summed E-state index contributed by atoms with van der Waals surface area (Å²) in [7, 11) is 1.96. The van der Waals surface area contributed by atoms with Crippen LogP contribution in [0.1, 0.15) is 30.3 Å². The van der Waals surface area contributed by atoms with E-state index < -0.39 is 0 Å². The second-order valence-corrected chi connectivity index (χ2v) is 6.06. The van der Waals surface area contributed by atoms with Crippen LogP contribution < -0.4 is 4.90 Å². The zero-order chi connectivity index (χ0) is 16.5. The maximum Gasteiger partial charge on any atom is 0.159 e. The zero-order valence-electron chi connectivity index (χ0n) is 13.8. The molecule has 0 amide bonds. The molecule has 1 unspecified atom stereocenters. The van der Waals surface area contributed by atoms with Crippen molar-refractivity contribution in [2.75, 3.05) is 11.4 Å². The predicted octanol–water partition coefficient (Wildman–Crippen LogP) is 2.32. The van der Waals surface area contributed by atoms with E-state index in [9.17, 15) is 0 Å². The maximum atomic E-state index is 4.83. The summed E-state index contributed by atoms with van der Waals surface area (Å²) < 4.78 is 1.95. The molecule has 7 nitrogen and oxygen atoms in total. The smallest absolute Gasteiger partial charge is 0.159 e. The van der Waals surface area contributed by atoms with E-state index in [4.69, 9.17) is 4.98 Å². The van der Waals surface area contributed by atoms with Crippen LogP contribution in [0.2, 0.25) is 0 Å². The molecule has 122 valence electrons. The molecular formula is C17H19N7. The highest BCUT2D eigenvalue weighted by molar-refractivity contribution is 5.49. The van der Waals surface area contributed by atoms with Crippen molar-refractivity contribution >= 4 is 5.82 Å². The Morgan fingerprint density at radius 2 is 2.08 bits per heavy atom. The molecule has 1 atom stereocenters. The minimum absolute atomic E-state index is 0.187. The van der Waals surface area contributed by atoms with Gasteiger partial charge in [-0.2, -0.15) is 0 Å². The first kappa shape index (κ1) is 14.7. The minimum Gasteiger partial charge on any atom is -0.348 e. The lowest BCUT2D eigenvalue weighted by Gasteiger charge is -2.25. The van der Waals surface area contributed by atoms with E-state index in [1.807, 2.05) is 37.0 Å². The van der Waals surface area contributed by atoms with Gasteiger partial charge in [-0.15, -0.1) is 0 Å². The van der Waals surface area contributed by atoms with E-state index in [0.29, 0.717) is 0 Å². The Morgan fingerprint density at radius 3 is 2.88 bits per heavy atom. The molecule has 0 N–H and O–H groups in total. The molecule has 1 aliphatic heterocycles. The van der Waals surface area contributed by atoms with E-state index >= 15 is 0 Å². The summed E-state index contributed by atoms with van der Waals surface area (Å²) in [6.07, 6.45) is 11.1. The van der Waals surface area contributed by atoms with Crippen molar-refractivity contribution in [3.63, 3.8) is 0 Å². The summed E-state index contributed by atoms with van der Waals surface area (Å²) in [5, 5.41) is 0. The number of rotatable bonds is 3. The van der Waals surface area contributed by atoms with Crippen molar-refractivity contribution in [2.45, 2.75) is 25.8 Å². The van der Waals surface area contributed by atoms with Gasteiger partial charge in [0.15, 0.2) is 5.82 Å². The van der Waals surface area contributed by atoms with Crippen LogP contribution in [-0.2, 0) is 7.05 Å². The summed E-state index contributed by atoms with van der Waals surface area (Å²) >= 11 is 0. The number of hydrogen-bond acceptors (Lipinski definition) is 6. The number of nitrogens with zero attached hydrogens (tertiary/aromatic N) is 7. The van der Waals surface area contributed by atoms with Gasteiger partial charge in [0.05, 0.1) is 24.1 Å². The van der Waals surface area contributed by atoms with Gasteiger partial charge in [-0.25, -0.2) is 19.9 Å². The highest BCUT2D eigenvalue weighted by atomic mass is 15.2. The fourth-order valence-electron chi connectivity index (χ4n) is 3.21. The summed E-state index contributed by atoms with van der Waals surface area (Å²) in [6.45, 7) is 2.95. The van der Waals surface area contributed by atoms with Crippen molar-refractivity contribution in [3.05, 3.63) is 48.6 Å². The molecule has 3 aromatic heterocycles. The Morgan fingerprint density at radius 1 is 1.17 bits per heavy atom. The molecule has 7 heteroatoms. The van der Waals surface area contributed by atoms with Crippen LogP contribution in [0.3, 0.4) is 0 Å². The number of aryl methyl sites for hydroxylation is 2. The van der Waals surface area contributed by atoms with Crippen LogP contribution in [0.15, 0.2) is 37.2 Å². The van der Waals surface area contributed by atoms with E-state index in [1.165, 1.54) is 0 Å². The third-order valence-electron chi connectivity index (χ3n) is 4.38. The van der Waals surface area contributed by atoms with E-state index in [-0.39, 0.29) is 6.04 Å². The molecule has 24 heavy (non-hydrogen) atoms. The lowest BCUT2D eigenvalue weighted by Crippen LogP contribution is -2.24. The Hall–Kier alpha value is -2.83. The molecule has 3 aromatic rings. The van der Waals surface area contributed by atoms with Gasteiger partial charge in [0.1, 0.15) is 17.8 Å². The van der Waals surface area contributed by atoms with Crippen LogP contribution in [0.4, 0.5) is 5.82 Å². The van der Waals surface area contributed by atoms with Gasteiger partial charge in [-0.3, -0.25) is 4.98 Å². The van der Waals surface area contributed by atoms with E-state index in [0.717, 1.165) is 48.1 Å². The molecule has 0 bridgehead atoms. The Kier molecular flexibility index (Phi) is 3.68. The van der Waals surface area contributed by atoms with Gasteiger partial charge in [-0.1, -0.05) is 0 Å². The monoisotopic (exact) mass is 321 g/mol. The average molecular weight is 321 g/mol. The molecule has 0 radical (unpaired) electrons. The second-order valence-electron chi connectivity index (χ2n) is 6.06. The highest BCUT2D eigenvalue weighted by Crippen LogP contribution is 2.34. The lowest BCUT2D eigenvalue weighted by molar-refractivity contribution is 0.681. The van der Waals surface area contributed by atoms with Crippen molar-refractivity contribution in [3.8, 4) is 11.5 Å². The second kappa shape index (κ2) is 5.99. The molecule has 1 fully saturated rings. The molecule has 4 rings (SSSR count). The average Bonchev–Trinajstić information content (AvgIpc) is 3.24. The topological polar surface area (TPSA) is 72.6 Å².